The molecule has 0 bridgehead atoms. The molecule has 0 heterocycles. The van der Waals surface area contributed by atoms with E-state index in [1.807, 2.05) is 78.9 Å². The van der Waals surface area contributed by atoms with Gasteiger partial charge in [0.25, 0.3) is 0 Å². The van der Waals surface area contributed by atoms with E-state index in [1.54, 1.807) is 4.90 Å². The fraction of sp³-hybridized carbons (Fsp3) is 0.310. The maximum atomic E-state index is 13.7. The Morgan fingerprint density at radius 1 is 0.943 bits per heavy atom. The fourth-order valence-corrected chi connectivity index (χ4v) is 4.43. The monoisotopic (exact) mass is 554 g/mol. The van der Waals surface area contributed by atoms with E-state index in [9.17, 15) is 9.59 Å². The van der Waals surface area contributed by atoms with Crippen LogP contribution in [0.1, 0.15) is 42.9 Å². The first-order valence-corrected chi connectivity index (χ1v) is 13.2. The van der Waals surface area contributed by atoms with Gasteiger partial charge in [-0.05, 0) is 47.7 Å². The van der Waals surface area contributed by atoms with Crippen LogP contribution in [0, 0.1) is 0 Å². The van der Waals surface area contributed by atoms with Gasteiger partial charge in [-0.15, -0.1) is 0 Å². The Labute approximate surface area is 221 Å². The van der Waals surface area contributed by atoms with E-state index in [-0.39, 0.29) is 18.2 Å². The molecule has 3 rings (SSSR count). The number of unbranched alkanes of at least 4 members (excludes halogenated alkanes) is 1. The molecule has 0 aliphatic rings. The van der Waals surface area contributed by atoms with Gasteiger partial charge >= 0.3 is 0 Å². The third-order valence-electron chi connectivity index (χ3n) is 5.93. The van der Waals surface area contributed by atoms with Crippen LogP contribution in [-0.2, 0) is 29.0 Å². The highest BCUT2D eigenvalue weighted by Gasteiger charge is 2.30. The highest BCUT2D eigenvalue weighted by molar-refractivity contribution is 9.10. The van der Waals surface area contributed by atoms with Gasteiger partial charge in [-0.3, -0.25) is 9.59 Å². The topological polar surface area (TPSA) is 49.4 Å². The average Bonchev–Trinajstić information content (AvgIpc) is 2.87. The van der Waals surface area contributed by atoms with Crippen LogP contribution in [0.4, 0.5) is 0 Å². The standard InChI is InChI=1S/C29H32BrClN2O2/c1-2-3-19-32-29(35)27(20-22-9-5-4-6-10-22)33(21-23-13-16-25(30)17-14-23)28(34)18-15-24-11-7-8-12-26(24)31/h4-14,16-17,27H,2-3,15,18-21H2,1H3,(H,32,35)/t27-/m1/s1. The number of carbonyl (C=O) groups is 2. The van der Waals surface area contributed by atoms with Crippen LogP contribution in [0.3, 0.4) is 0 Å². The van der Waals surface area contributed by atoms with Crippen molar-refractivity contribution in [2.75, 3.05) is 6.54 Å². The molecule has 2 amide bonds. The minimum absolute atomic E-state index is 0.0700. The van der Waals surface area contributed by atoms with Crippen LogP contribution in [-0.4, -0.2) is 29.3 Å². The first kappa shape index (κ1) is 27.0. The Balaban J connectivity index is 1.88. The van der Waals surface area contributed by atoms with Crippen molar-refractivity contribution < 1.29 is 9.59 Å². The molecule has 3 aromatic rings. The molecule has 0 fully saturated rings. The zero-order valence-corrected chi connectivity index (χ0v) is 22.4. The number of hydrogen-bond acceptors (Lipinski definition) is 2. The van der Waals surface area contributed by atoms with Crippen molar-refractivity contribution in [3.63, 3.8) is 0 Å². The van der Waals surface area contributed by atoms with Crippen molar-refractivity contribution in [2.45, 2.75) is 51.6 Å². The van der Waals surface area contributed by atoms with Crippen molar-refractivity contribution in [2.24, 2.45) is 0 Å². The summed E-state index contributed by atoms with van der Waals surface area (Å²) in [5.74, 6) is -0.190. The summed E-state index contributed by atoms with van der Waals surface area (Å²) in [6, 6.07) is 24.7. The first-order valence-electron chi connectivity index (χ1n) is 12.1. The van der Waals surface area contributed by atoms with Gasteiger partial charge in [0.05, 0.1) is 0 Å². The maximum Gasteiger partial charge on any atom is 0.243 e. The Morgan fingerprint density at radius 3 is 2.31 bits per heavy atom. The van der Waals surface area contributed by atoms with Crippen LogP contribution in [0.2, 0.25) is 5.02 Å². The number of rotatable bonds is 12. The van der Waals surface area contributed by atoms with Crippen LogP contribution >= 0.6 is 27.5 Å². The van der Waals surface area contributed by atoms with Crippen LogP contribution < -0.4 is 5.32 Å². The van der Waals surface area contributed by atoms with Crippen LogP contribution in [0.25, 0.3) is 0 Å². The number of nitrogens with one attached hydrogen (secondary N) is 1. The van der Waals surface area contributed by atoms with Gasteiger partial charge in [0, 0.05) is 35.4 Å². The van der Waals surface area contributed by atoms with Crippen molar-refractivity contribution in [3.8, 4) is 0 Å². The molecule has 3 aromatic carbocycles. The molecule has 184 valence electrons. The Hall–Kier alpha value is -2.63. The molecule has 0 spiro atoms. The second-order valence-electron chi connectivity index (χ2n) is 8.59. The molecule has 0 radical (unpaired) electrons. The largest absolute Gasteiger partial charge is 0.354 e. The number of benzene rings is 3. The molecule has 1 N–H and O–H groups in total. The lowest BCUT2D eigenvalue weighted by atomic mass is 10.0. The van der Waals surface area contributed by atoms with E-state index < -0.39 is 6.04 Å². The lowest BCUT2D eigenvalue weighted by Crippen LogP contribution is -2.50. The van der Waals surface area contributed by atoms with Crippen LogP contribution in [0.15, 0.2) is 83.3 Å². The fourth-order valence-electron chi connectivity index (χ4n) is 3.93. The molecule has 0 unspecified atom stereocenters. The predicted octanol–water partition coefficient (Wildman–Crippen LogP) is 6.59. The normalized spacial score (nSPS) is 11.6. The number of nitrogens with zero attached hydrogens (tertiary/aromatic N) is 1. The molecule has 35 heavy (non-hydrogen) atoms. The molecule has 0 aromatic heterocycles. The molecular weight excluding hydrogens is 524 g/mol. The van der Waals surface area contributed by atoms with Crippen molar-refractivity contribution >= 4 is 39.3 Å². The van der Waals surface area contributed by atoms with Gasteiger partial charge in [-0.2, -0.15) is 0 Å². The number of carbonyl (C=O) groups excluding carboxylic acids is 2. The van der Waals surface area contributed by atoms with E-state index in [4.69, 9.17) is 11.6 Å². The highest BCUT2D eigenvalue weighted by atomic mass is 79.9. The second kappa shape index (κ2) is 14.1. The van der Waals surface area contributed by atoms with Gasteiger partial charge in [-0.1, -0.05) is 102 Å². The Morgan fingerprint density at radius 2 is 1.63 bits per heavy atom. The summed E-state index contributed by atoms with van der Waals surface area (Å²) < 4.78 is 0.969. The predicted molar refractivity (Wildman–Crippen MR) is 146 cm³/mol. The van der Waals surface area contributed by atoms with Crippen LogP contribution in [0.5, 0.6) is 0 Å². The second-order valence-corrected chi connectivity index (χ2v) is 9.91. The number of halogens is 2. The first-order chi connectivity index (χ1) is 17.0. The molecule has 0 saturated heterocycles. The Bertz CT molecular complexity index is 1090. The molecule has 0 aliphatic heterocycles. The van der Waals surface area contributed by atoms with Gasteiger partial charge in [-0.25, -0.2) is 0 Å². The molecule has 1 atom stereocenters. The van der Waals surface area contributed by atoms with Gasteiger partial charge in [0.2, 0.25) is 11.8 Å². The van der Waals surface area contributed by atoms with Crippen molar-refractivity contribution in [3.05, 3.63) is 105 Å². The number of aryl methyl sites for hydroxylation is 1. The molecular formula is C29H32BrClN2O2. The van der Waals surface area contributed by atoms with E-state index in [0.717, 1.165) is 34.0 Å². The highest BCUT2D eigenvalue weighted by Crippen LogP contribution is 2.21. The minimum Gasteiger partial charge on any atom is -0.354 e. The third-order valence-corrected chi connectivity index (χ3v) is 6.83. The number of hydrogen-bond donors (Lipinski definition) is 1. The van der Waals surface area contributed by atoms with E-state index in [0.29, 0.717) is 31.0 Å². The summed E-state index contributed by atoms with van der Waals surface area (Å²) in [6.45, 7) is 3.04. The summed E-state index contributed by atoms with van der Waals surface area (Å²) in [7, 11) is 0. The molecule has 4 nitrogen and oxygen atoms in total. The summed E-state index contributed by atoms with van der Waals surface area (Å²) in [6.07, 6.45) is 3.13. The molecule has 0 aliphatic carbocycles. The van der Waals surface area contributed by atoms with E-state index in [1.165, 1.54) is 0 Å². The van der Waals surface area contributed by atoms with Crippen molar-refractivity contribution in [1.29, 1.82) is 0 Å². The summed E-state index contributed by atoms with van der Waals surface area (Å²) >= 11 is 9.80. The van der Waals surface area contributed by atoms with Gasteiger partial charge in [0.1, 0.15) is 6.04 Å². The minimum atomic E-state index is -0.614. The smallest absolute Gasteiger partial charge is 0.243 e. The van der Waals surface area contributed by atoms with Crippen molar-refractivity contribution in [1.82, 2.24) is 10.2 Å². The molecule has 6 heteroatoms. The maximum absolute atomic E-state index is 13.7. The van der Waals surface area contributed by atoms with E-state index >= 15 is 0 Å². The van der Waals surface area contributed by atoms with Gasteiger partial charge in [0.15, 0.2) is 0 Å². The summed E-state index contributed by atoms with van der Waals surface area (Å²) in [5, 5.41) is 3.71. The lowest BCUT2D eigenvalue weighted by Gasteiger charge is -2.32. The zero-order valence-electron chi connectivity index (χ0n) is 20.1. The number of amides is 2. The van der Waals surface area contributed by atoms with E-state index in [2.05, 4.69) is 28.2 Å². The summed E-state index contributed by atoms with van der Waals surface area (Å²) in [4.78, 5) is 28.8. The summed E-state index contributed by atoms with van der Waals surface area (Å²) in [5.41, 5.74) is 2.92. The third kappa shape index (κ3) is 8.52. The lowest BCUT2D eigenvalue weighted by molar-refractivity contribution is -0.141. The Kier molecular flexibility index (Phi) is 10.8. The molecule has 0 saturated carbocycles. The zero-order chi connectivity index (χ0) is 25.0. The SMILES string of the molecule is CCCCNC(=O)[C@@H](Cc1ccccc1)N(Cc1ccc(Br)cc1)C(=O)CCc1ccccc1Cl. The van der Waals surface area contributed by atoms with Gasteiger partial charge < -0.3 is 10.2 Å². The average molecular weight is 556 g/mol. The quantitative estimate of drug-likeness (QED) is 0.256.